The first-order valence-electron chi connectivity index (χ1n) is 8.89. The fraction of sp³-hybridized carbons (Fsp3) is 0.182. The number of hydrogen-bond donors (Lipinski definition) is 2. The molecule has 5 heteroatoms. The minimum absolute atomic E-state index is 0.166. The van der Waals surface area contributed by atoms with E-state index in [0.29, 0.717) is 18.0 Å². The summed E-state index contributed by atoms with van der Waals surface area (Å²) >= 11 is 0. The van der Waals surface area contributed by atoms with Crippen LogP contribution in [-0.2, 0) is 0 Å². The van der Waals surface area contributed by atoms with Crippen molar-refractivity contribution in [1.82, 2.24) is 4.98 Å². The number of rotatable bonds is 6. The van der Waals surface area contributed by atoms with Gasteiger partial charge < -0.3 is 15.4 Å². The number of anilines is 3. The second-order valence-electron chi connectivity index (χ2n) is 6.28. The number of pyridine rings is 1. The van der Waals surface area contributed by atoms with Crippen LogP contribution in [0.4, 0.5) is 17.2 Å². The molecule has 2 N–H and O–H groups in total. The summed E-state index contributed by atoms with van der Waals surface area (Å²) in [5.74, 6) is 1.26. The minimum Gasteiger partial charge on any atom is -0.494 e. The number of nitrogens with one attached hydrogen (secondary N) is 2. The van der Waals surface area contributed by atoms with Gasteiger partial charge in [-0.05, 0) is 74.4 Å². The molecule has 0 aliphatic carbocycles. The molecule has 0 aliphatic rings. The molecule has 0 saturated heterocycles. The van der Waals surface area contributed by atoms with Crippen molar-refractivity contribution in [2.45, 2.75) is 20.8 Å². The average molecular weight is 361 g/mol. The normalized spacial score (nSPS) is 10.3. The Balaban J connectivity index is 1.72. The fourth-order valence-corrected chi connectivity index (χ4v) is 2.65. The van der Waals surface area contributed by atoms with Gasteiger partial charge in [0.2, 0.25) is 0 Å². The summed E-state index contributed by atoms with van der Waals surface area (Å²) in [6.45, 7) is 6.55. The number of aromatic nitrogens is 1. The molecule has 27 heavy (non-hydrogen) atoms. The second kappa shape index (κ2) is 8.36. The number of aryl methyl sites for hydroxylation is 2. The van der Waals surface area contributed by atoms with Gasteiger partial charge in [-0.25, -0.2) is 4.98 Å². The SMILES string of the molecule is CCOc1ccc(Nc2cc(C(=O)Nc3cc(C)ccc3C)ccn2)cc1. The van der Waals surface area contributed by atoms with E-state index in [2.05, 4.69) is 15.6 Å². The minimum atomic E-state index is -0.166. The Hall–Kier alpha value is -3.34. The van der Waals surface area contributed by atoms with Crippen LogP contribution in [-0.4, -0.2) is 17.5 Å². The molecule has 0 fully saturated rings. The van der Waals surface area contributed by atoms with Crippen LogP contribution < -0.4 is 15.4 Å². The number of benzene rings is 2. The van der Waals surface area contributed by atoms with Crippen molar-refractivity contribution >= 4 is 23.1 Å². The average Bonchev–Trinajstić information content (AvgIpc) is 2.67. The molecule has 3 rings (SSSR count). The first kappa shape index (κ1) is 18.5. The highest BCUT2D eigenvalue weighted by Crippen LogP contribution is 2.21. The second-order valence-corrected chi connectivity index (χ2v) is 6.28. The molecular formula is C22H23N3O2. The van der Waals surface area contributed by atoms with Gasteiger partial charge in [-0.1, -0.05) is 12.1 Å². The van der Waals surface area contributed by atoms with Crippen LogP contribution >= 0.6 is 0 Å². The maximum absolute atomic E-state index is 12.6. The number of hydrogen-bond acceptors (Lipinski definition) is 4. The van der Waals surface area contributed by atoms with Gasteiger partial charge in [-0.3, -0.25) is 4.79 Å². The topological polar surface area (TPSA) is 63.2 Å². The highest BCUT2D eigenvalue weighted by Gasteiger charge is 2.09. The van der Waals surface area contributed by atoms with Crippen molar-refractivity contribution in [3.8, 4) is 5.75 Å². The molecule has 0 spiro atoms. The molecule has 0 bridgehead atoms. The molecule has 0 aliphatic heterocycles. The maximum atomic E-state index is 12.6. The van der Waals surface area contributed by atoms with E-state index in [1.165, 1.54) is 0 Å². The largest absolute Gasteiger partial charge is 0.494 e. The van der Waals surface area contributed by atoms with Crippen molar-refractivity contribution in [3.63, 3.8) is 0 Å². The van der Waals surface area contributed by atoms with Crippen LogP contribution in [0.25, 0.3) is 0 Å². The van der Waals surface area contributed by atoms with Crippen molar-refractivity contribution < 1.29 is 9.53 Å². The molecule has 5 nitrogen and oxygen atoms in total. The first-order chi connectivity index (χ1) is 13.0. The Morgan fingerprint density at radius 3 is 2.56 bits per heavy atom. The van der Waals surface area contributed by atoms with E-state index < -0.39 is 0 Å². The zero-order chi connectivity index (χ0) is 19.2. The summed E-state index contributed by atoms with van der Waals surface area (Å²) in [6, 6.07) is 17.0. The lowest BCUT2D eigenvalue weighted by atomic mass is 10.1. The molecule has 138 valence electrons. The van der Waals surface area contributed by atoms with E-state index in [1.54, 1.807) is 18.3 Å². The van der Waals surface area contributed by atoms with E-state index in [0.717, 1.165) is 28.3 Å². The molecule has 1 aromatic heterocycles. The van der Waals surface area contributed by atoms with Gasteiger partial charge >= 0.3 is 0 Å². The zero-order valence-corrected chi connectivity index (χ0v) is 15.7. The molecule has 0 radical (unpaired) electrons. The van der Waals surface area contributed by atoms with Gasteiger partial charge in [-0.2, -0.15) is 0 Å². The zero-order valence-electron chi connectivity index (χ0n) is 15.7. The van der Waals surface area contributed by atoms with Gasteiger partial charge in [0.15, 0.2) is 0 Å². The van der Waals surface area contributed by atoms with E-state index in [4.69, 9.17) is 4.74 Å². The van der Waals surface area contributed by atoms with E-state index in [1.807, 2.05) is 63.2 Å². The van der Waals surface area contributed by atoms with Crippen LogP contribution in [0.15, 0.2) is 60.8 Å². The molecule has 0 saturated carbocycles. The standard InChI is InChI=1S/C22H23N3O2/c1-4-27-19-9-7-18(8-10-19)24-21-14-17(11-12-23-21)22(26)25-20-13-15(2)5-6-16(20)3/h5-14H,4H2,1-3H3,(H,23,24)(H,25,26). The van der Waals surface area contributed by atoms with Gasteiger partial charge in [-0.15, -0.1) is 0 Å². The highest BCUT2D eigenvalue weighted by atomic mass is 16.5. The highest BCUT2D eigenvalue weighted by molar-refractivity contribution is 6.05. The number of nitrogens with zero attached hydrogens (tertiary/aromatic N) is 1. The molecule has 1 heterocycles. The van der Waals surface area contributed by atoms with Crippen molar-refractivity contribution in [3.05, 3.63) is 77.5 Å². The molecular weight excluding hydrogens is 338 g/mol. The van der Waals surface area contributed by atoms with Crippen LogP contribution in [0.2, 0.25) is 0 Å². The predicted octanol–water partition coefficient (Wildman–Crippen LogP) is 5.09. The predicted molar refractivity (Wildman–Crippen MR) is 109 cm³/mol. The molecule has 0 unspecified atom stereocenters. The Bertz CT molecular complexity index is 937. The summed E-state index contributed by atoms with van der Waals surface area (Å²) in [7, 11) is 0. The fourth-order valence-electron chi connectivity index (χ4n) is 2.65. The smallest absolute Gasteiger partial charge is 0.255 e. The Morgan fingerprint density at radius 2 is 1.81 bits per heavy atom. The van der Waals surface area contributed by atoms with Crippen LogP contribution in [0.1, 0.15) is 28.4 Å². The van der Waals surface area contributed by atoms with Crippen molar-refractivity contribution in [2.24, 2.45) is 0 Å². The van der Waals surface area contributed by atoms with Gasteiger partial charge in [0.05, 0.1) is 6.61 Å². The Labute approximate surface area is 159 Å². The third-order valence-electron chi connectivity index (χ3n) is 4.10. The van der Waals surface area contributed by atoms with Gasteiger partial charge in [0, 0.05) is 23.1 Å². The third kappa shape index (κ3) is 4.85. The third-order valence-corrected chi connectivity index (χ3v) is 4.10. The van der Waals surface area contributed by atoms with E-state index in [9.17, 15) is 4.79 Å². The monoisotopic (exact) mass is 361 g/mol. The molecule has 0 atom stereocenters. The van der Waals surface area contributed by atoms with Gasteiger partial charge in [0.1, 0.15) is 11.6 Å². The van der Waals surface area contributed by atoms with Crippen LogP contribution in [0, 0.1) is 13.8 Å². The van der Waals surface area contributed by atoms with Crippen LogP contribution in [0.5, 0.6) is 5.75 Å². The molecule has 1 amide bonds. The lowest BCUT2D eigenvalue weighted by molar-refractivity contribution is 0.102. The Morgan fingerprint density at radius 1 is 1.04 bits per heavy atom. The van der Waals surface area contributed by atoms with Crippen molar-refractivity contribution in [2.75, 3.05) is 17.2 Å². The van der Waals surface area contributed by atoms with E-state index >= 15 is 0 Å². The number of ether oxygens (including phenoxy) is 1. The van der Waals surface area contributed by atoms with Gasteiger partial charge in [0.25, 0.3) is 5.91 Å². The number of carbonyl (C=O) groups excluding carboxylic acids is 1. The van der Waals surface area contributed by atoms with Crippen LogP contribution in [0.3, 0.4) is 0 Å². The first-order valence-corrected chi connectivity index (χ1v) is 8.89. The molecule has 3 aromatic rings. The summed E-state index contributed by atoms with van der Waals surface area (Å²) in [6.07, 6.45) is 1.62. The summed E-state index contributed by atoms with van der Waals surface area (Å²) in [5, 5.41) is 6.18. The lowest BCUT2D eigenvalue weighted by Crippen LogP contribution is -2.13. The summed E-state index contributed by atoms with van der Waals surface area (Å²) < 4.78 is 5.44. The summed E-state index contributed by atoms with van der Waals surface area (Å²) in [4.78, 5) is 16.9. The Kier molecular flexibility index (Phi) is 5.71. The quantitative estimate of drug-likeness (QED) is 0.642. The maximum Gasteiger partial charge on any atom is 0.255 e. The number of carbonyl (C=O) groups is 1. The molecule has 2 aromatic carbocycles. The lowest BCUT2D eigenvalue weighted by Gasteiger charge is -2.11. The summed E-state index contributed by atoms with van der Waals surface area (Å²) in [5.41, 5.74) is 4.36. The van der Waals surface area contributed by atoms with E-state index in [-0.39, 0.29) is 5.91 Å². The number of amides is 1. The van der Waals surface area contributed by atoms with Crippen molar-refractivity contribution in [1.29, 1.82) is 0 Å².